The van der Waals surface area contributed by atoms with Gasteiger partial charge in [-0.25, -0.2) is 0 Å². The van der Waals surface area contributed by atoms with E-state index in [2.05, 4.69) is 5.32 Å². The topological polar surface area (TPSA) is 113 Å². The van der Waals surface area contributed by atoms with Crippen molar-refractivity contribution in [3.63, 3.8) is 0 Å². The average molecular weight is 232 g/mol. The molecule has 0 radical (unpaired) electrons. The number of carboxylic acid groups (broad SMARTS) is 1. The first-order valence-electron chi connectivity index (χ1n) is 5.44. The van der Waals surface area contributed by atoms with Gasteiger partial charge in [-0.05, 0) is 25.7 Å². The maximum atomic E-state index is 11.2. The molecule has 5 N–H and O–H groups in total. The van der Waals surface area contributed by atoms with E-state index in [1.807, 2.05) is 0 Å². The van der Waals surface area contributed by atoms with Gasteiger partial charge in [-0.3, -0.25) is 9.59 Å². The molecule has 0 bridgehead atoms. The zero-order valence-electron chi connectivity index (χ0n) is 9.32. The molecule has 94 valence electrons. The summed E-state index contributed by atoms with van der Waals surface area (Å²) in [7, 11) is 0. The molecule has 0 aromatic heterocycles. The fraction of sp³-hybridized carbons (Fsp3) is 0.800. The lowest BCUT2D eigenvalue weighted by molar-refractivity contribution is -0.138. The Kier molecular flexibility index (Phi) is 8.46. The number of carboxylic acids is 1. The van der Waals surface area contributed by atoms with Crippen LogP contribution in [0.4, 0.5) is 0 Å². The maximum absolute atomic E-state index is 11.2. The second-order valence-electron chi connectivity index (χ2n) is 3.62. The molecule has 0 aromatic carbocycles. The minimum atomic E-state index is -1.09. The van der Waals surface area contributed by atoms with Gasteiger partial charge in [0.05, 0.1) is 0 Å². The Balaban J connectivity index is 3.41. The predicted molar refractivity (Wildman–Crippen MR) is 58.8 cm³/mol. The predicted octanol–water partition coefficient (Wildman–Crippen LogP) is -0.543. The van der Waals surface area contributed by atoms with Crippen molar-refractivity contribution < 1.29 is 19.8 Å². The van der Waals surface area contributed by atoms with Crippen LogP contribution in [0.25, 0.3) is 0 Å². The van der Waals surface area contributed by atoms with Crippen LogP contribution >= 0.6 is 0 Å². The van der Waals surface area contributed by atoms with Crippen molar-refractivity contribution in [2.45, 2.75) is 38.1 Å². The van der Waals surface area contributed by atoms with Crippen LogP contribution in [0.15, 0.2) is 0 Å². The molecular formula is C10H20N2O4. The Morgan fingerprint density at radius 3 is 2.50 bits per heavy atom. The lowest BCUT2D eigenvalue weighted by atomic mass is 10.1. The Morgan fingerprint density at radius 1 is 1.25 bits per heavy atom. The molecule has 0 heterocycles. The summed E-state index contributed by atoms with van der Waals surface area (Å²) in [6.45, 7) is 0.725. The number of aliphatic hydroxyl groups excluding tert-OH is 1. The summed E-state index contributed by atoms with van der Waals surface area (Å²) in [6.07, 6.45) is 2.70. The van der Waals surface area contributed by atoms with Gasteiger partial charge >= 0.3 is 5.97 Å². The van der Waals surface area contributed by atoms with Crippen LogP contribution in [0.1, 0.15) is 32.1 Å². The largest absolute Gasteiger partial charge is 0.480 e. The third-order valence-electron chi connectivity index (χ3n) is 2.16. The number of nitrogens with two attached hydrogens (primary N) is 1. The van der Waals surface area contributed by atoms with Gasteiger partial charge < -0.3 is 21.3 Å². The van der Waals surface area contributed by atoms with Crippen molar-refractivity contribution >= 4 is 11.9 Å². The molecule has 0 fully saturated rings. The fourth-order valence-electron chi connectivity index (χ4n) is 1.14. The van der Waals surface area contributed by atoms with Crippen molar-refractivity contribution in [2.75, 3.05) is 13.2 Å². The highest BCUT2D eigenvalue weighted by molar-refractivity contribution is 5.78. The molecule has 0 spiro atoms. The van der Waals surface area contributed by atoms with E-state index in [1.54, 1.807) is 0 Å². The van der Waals surface area contributed by atoms with E-state index in [9.17, 15) is 9.59 Å². The van der Waals surface area contributed by atoms with Gasteiger partial charge in [0, 0.05) is 19.6 Å². The van der Waals surface area contributed by atoms with Crippen molar-refractivity contribution in [3.05, 3.63) is 0 Å². The standard InChI is InChI=1S/C10H20N2O4/c11-8(10(15)16)4-5-9(14)12-6-2-1-3-7-13/h8,13H,1-7,11H2,(H,12,14)(H,15,16)/t8-/m0/s1. The lowest BCUT2D eigenvalue weighted by Gasteiger charge is -2.07. The quantitative estimate of drug-likeness (QED) is 0.399. The van der Waals surface area contributed by atoms with Crippen LogP contribution in [-0.2, 0) is 9.59 Å². The zero-order valence-corrected chi connectivity index (χ0v) is 9.32. The monoisotopic (exact) mass is 232 g/mol. The molecule has 0 aliphatic rings. The van der Waals surface area contributed by atoms with Gasteiger partial charge in [-0.1, -0.05) is 0 Å². The van der Waals surface area contributed by atoms with E-state index in [4.69, 9.17) is 15.9 Å². The van der Waals surface area contributed by atoms with Crippen LogP contribution in [0.3, 0.4) is 0 Å². The Morgan fingerprint density at radius 2 is 1.94 bits per heavy atom. The number of carbonyl (C=O) groups excluding carboxylic acids is 1. The molecule has 1 atom stereocenters. The Bertz CT molecular complexity index is 221. The summed E-state index contributed by atoms with van der Waals surface area (Å²) >= 11 is 0. The van der Waals surface area contributed by atoms with Crippen LogP contribution in [0.5, 0.6) is 0 Å². The van der Waals surface area contributed by atoms with E-state index in [-0.39, 0.29) is 25.4 Å². The minimum Gasteiger partial charge on any atom is -0.480 e. The number of rotatable bonds is 9. The number of amides is 1. The highest BCUT2D eigenvalue weighted by atomic mass is 16.4. The molecule has 6 heteroatoms. The number of unbranched alkanes of at least 4 members (excludes halogenated alkanes) is 2. The van der Waals surface area contributed by atoms with Gasteiger partial charge in [0.1, 0.15) is 6.04 Å². The minimum absolute atomic E-state index is 0.132. The molecule has 6 nitrogen and oxygen atoms in total. The first-order valence-corrected chi connectivity index (χ1v) is 5.44. The van der Waals surface area contributed by atoms with E-state index in [0.29, 0.717) is 6.54 Å². The molecule has 0 aliphatic heterocycles. The lowest BCUT2D eigenvalue weighted by Crippen LogP contribution is -2.32. The third kappa shape index (κ3) is 8.19. The fourth-order valence-corrected chi connectivity index (χ4v) is 1.14. The van der Waals surface area contributed by atoms with Gasteiger partial charge in [-0.15, -0.1) is 0 Å². The zero-order chi connectivity index (χ0) is 12.4. The second kappa shape index (κ2) is 9.11. The molecular weight excluding hydrogens is 212 g/mol. The number of hydrogen-bond acceptors (Lipinski definition) is 4. The highest BCUT2D eigenvalue weighted by Gasteiger charge is 2.12. The summed E-state index contributed by atoms with van der Waals surface area (Å²) in [5.74, 6) is -1.27. The Labute approximate surface area is 94.8 Å². The summed E-state index contributed by atoms with van der Waals surface area (Å²) in [5, 5.41) is 19.7. The average Bonchev–Trinajstić information content (AvgIpc) is 2.25. The molecule has 0 unspecified atom stereocenters. The molecule has 16 heavy (non-hydrogen) atoms. The second-order valence-corrected chi connectivity index (χ2v) is 3.62. The van der Waals surface area contributed by atoms with Gasteiger partial charge in [0.2, 0.25) is 5.91 Å². The van der Waals surface area contributed by atoms with E-state index < -0.39 is 12.0 Å². The summed E-state index contributed by atoms with van der Waals surface area (Å²) < 4.78 is 0. The molecule has 0 aromatic rings. The van der Waals surface area contributed by atoms with E-state index in [0.717, 1.165) is 19.3 Å². The summed E-state index contributed by atoms with van der Waals surface area (Å²) in [6, 6.07) is -0.972. The van der Waals surface area contributed by atoms with E-state index in [1.165, 1.54) is 0 Å². The van der Waals surface area contributed by atoms with E-state index >= 15 is 0 Å². The highest BCUT2D eigenvalue weighted by Crippen LogP contribution is 1.96. The third-order valence-corrected chi connectivity index (χ3v) is 2.16. The van der Waals surface area contributed by atoms with Gasteiger partial charge in [0.25, 0.3) is 0 Å². The summed E-state index contributed by atoms with van der Waals surface area (Å²) in [5.41, 5.74) is 5.25. The number of aliphatic carboxylic acids is 1. The molecule has 0 rings (SSSR count). The first-order chi connectivity index (χ1) is 7.57. The van der Waals surface area contributed by atoms with Crippen LogP contribution in [0, 0.1) is 0 Å². The Hall–Kier alpha value is -1.14. The van der Waals surface area contributed by atoms with Gasteiger partial charge in [-0.2, -0.15) is 0 Å². The number of carbonyl (C=O) groups is 2. The smallest absolute Gasteiger partial charge is 0.320 e. The summed E-state index contributed by atoms with van der Waals surface area (Å²) in [4.78, 5) is 21.6. The molecule has 0 saturated heterocycles. The number of nitrogens with one attached hydrogen (secondary N) is 1. The van der Waals surface area contributed by atoms with Crippen LogP contribution < -0.4 is 11.1 Å². The van der Waals surface area contributed by atoms with Crippen molar-refractivity contribution in [1.29, 1.82) is 0 Å². The van der Waals surface area contributed by atoms with Crippen molar-refractivity contribution in [3.8, 4) is 0 Å². The van der Waals surface area contributed by atoms with Crippen LogP contribution in [-0.4, -0.2) is 41.3 Å². The molecule has 0 saturated carbocycles. The molecule has 1 amide bonds. The van der Waals surface area contributed by atoms with Gasteiger partial charge in [0.15, 0.2) is 0 Å². The number of aliphatic hydroxyl groups is 1. The van der Waals surface area contributed by atoms with Crippen molar-refractivity contribution in [1.82, 2.24) is 5.32 Å². The number of hydrogen-bond donors (Lipinski definition) is 4. The van der Waals surface area contributed by atoms with Crippen LogP contribution in [0.2, 0.25) is 0 Å². The maximum Gasteiger partial charge on any atom is 0.320 e. The van der Waals surface area contributed by atoms with Crippen molar-refractivity contribution in [2.24, 2.45) is 5.73 Å². The molecule has 0 aliphatic carbocycles. The SMILES string of the molecule is N[C@@H](CCC(=O)NCCCCCO)C(=O)O. The first kappa shape index (κ1) is 14.9. The normalized spacial score (nSPS) is 12.1.